The van der Waals surface area contributed by atoms with Crippen LogP contribution in [0.5, 0.6) is 0 Å². The molecule has 0 unspecified atom stereocenters. The van der Waals surface area contributed by atoms with Crippen LogP contribution in [0.3, 0.4) is 0 Å². The number of halogens is 5. The number of ether oxygens (including phenoxy) is 2. The van der Waals surface area contributed by atoms with E-state index in [1.54, 1.807) is 135 Å². The highest BCUT2D eigenvalue weighted by Gasteiger charge is 2.28. The van der Waals surface area contributed by atoms with Crippen molar-refractivity contribution in [2.45, 2.75) is 120 Å². The number of hydrogen-bond acceptors (Lipinski definition) is 14. The average molecular weight is 1290 g/mol. The maximum Gasteiger partial charge on any atom is 0.410 e. The number of nitrogens with one attached hydrogen (secondary N) is 6. The van der Waals surface area contributed by atoms with Gasteiger partial charge < -0.3 is 41.4 Å². The summed E-state index contributed by atoms with van der Waals surface area (Å²) in [4.78, 5) is 69.2. The predicted molar refractivity (Wildman–Crippen MR) is 340 cm³/mol. The number of carbonyl (C=O) groups is 4. The first-order chi connectivity index (χ1) is 39.3. The van der Waals surface area contributed by atoms with Gasteiger partial charge in [0.1, 0.15) is 46.6 Å². The molecule has 0 bridgehead atoms. The Morgan fingerprint density at radius 2 is 1.01 bits per heavy atom. The lowest BCUT2D eigenvalue weighted by Gasteiger charge is -2.28. The van der Waals surface area contributed by atoms with E-state index in [1.165, 1.54) is 48.2 Å². The molecule has 0 aliphatic carbocycles. The number of amides is 4. The second-order valence-corrected chi connectivity index (χ2v) is 21.2. The number of benzene rings is 4. The Morgan fingerprint density at radius 1 is 0.612 bits per heavy atom. The number of carbonyl (C=O) groups excluding carboxylic acids is 4. The Kier molecular flexibility index (Phi) is 32.2. The van der Waals surface area contributed by atoms with Crippen molar-refractivity contribution in [2.75, 3.05) is 59.1 Å². The maximum absolute atomic E-state index is 13.5. The first-order valence-electron chi connectivity index (χ1n) is 26.1. The second kappa shape index (κ2) is 36.8. The van der Waals surface area contributed by atoms with E-state index in [-0.39, 0.29) is 38.3 Å². The number of terminal acetylenes is 1. The number of nitrogens with zero attached hydrogens (tertiary/aromatic N) is 6. The standard InChI is InChI=1S/C30H35FN6O3.C17H22N2O3.C13H14FIN4.2CH4.F2/c1-7-16-32-26-22(19-33-28(36-26)35-25-13-9-11-23(31)18-25)15-14-21-10-8-12-24(17-21)34-27(38)20(2)37(6)29(39)40-30(3,4)5;1-7-13-9-8-10-14(11-13)18-15(20)12(2)19(6)16(21)22-17(3,4)5;1-2-6-16-12-11(15)8-17-13(19-12)18-10-5-3-4-9(14)7-10;;;1-2/h8-13,17-20H,7,16H2,1-6H3,(H,34,38)(H2,32,33,35,36);1,8-12H,2-6H3,(H,18,20);3-5,7-8H,2,6H2,1H3,(H2,16,17,18,19);2*1H4;/t20-;12-;;;;/m00..../s1. The first-order valence-corrected chi connectivity index (χ1v) is 27.1. The smallest absolute Gasteiger partial charge is 0.410 e. The highest BCUT2D eigenvalue weighted by molar-refractivity contribution is 14.1. The molecule has 4 aromatic carbocycles. The molecule has 0 radical (unpaired) electrons. The van der Waals surface area contributed by atoms with Gasteiger partial charge in [0.2, 0.25) is 23.7 Å². The number of rotatable bonds is 16. The third-order valence-corrected chi connectivity index (χ3v) is 11.6. The van der Waals surface area contributed by atoms with Gasteiger partial charge in [-0.1, -0.05) is 70.7 Å². The van der Waals surface area contributed by atoms with Crippen molar-refractivity contribution in [2.24, 2.45) is 0 Å². The average Bonchev–Trinajstić information content (AvgIpc) is 3.65. The monoisotopic (exact) mass is 1290 g/mol. The fraction of sp³-hybridized carbons (Fsp3) is 0.355. The van der Waals surface area contributed by atoms with E-state index in [4.69, 9.17) is 25.0 Å². The molecule has 0 saturated heterocycles. The molecule has 2 atom stereocenters. The van der Waals surface area contributed by atoms with Crippen LogP contribution in [-0.2, 0) is 19.1 Å². The van der Waals surface area contributed by atoms with E-state index >= 15 is 0 Å². The molecule has 6 aromatic rings. The highest BCUT2D eigenvalue weighted by Crippen LogP contribution is 2.22. The zero-order valence-corrected chi connectivity index (χ0v) is 50.6. The van der Waals surface area contributed by atoms with Gasteiger partial charge in [0.25, 0.3) is 0 Å². The molecule has 85 heavy (non-hydrogen) atoms. The summed E-state index contributed by atoms with van der Waals surface area (Å²) in [7, 11) is 3.04. The second-order valence-electron chi connectivity index (χ2n) is 20.0. The van der Waals surface area contributed by atoms with Crippen LogP contribution in [0.25, 0.3) is 0 Å². The van der Waals surface area contributed by atoms with Gasteiger partial charge in [0.05, 0.1) is 15.3 Å². The summed E-state index contributed by atoms with van der Waals surface area (Å²) in [6, 6.07) is 24.9. The minimum Gasteiger partial charge on any atom is -0.444 e. The van der Waals surface area contributed by atoms with E-state index in [1.807, 2.05) is 13.0 Å². The molecule has 23 heteroatoms. The number of likely N-dealkylation sites (N-methyl/N-ethyl adjacent to an activating group) is 2. The first kappa shape index (κ1) is 74.3. The number of hydrogen-bond donors (Lipinski definition) is 6. The molecule has 6 N–H and O–H groups in total. The molecule has 0 fully saturated rings. The van der Waals surface area contributed by atoms with Crippen LogP contribution in [-0.4, -0.2) is 104 Å². The lowest BCUT2D eigenvalue weighted by Crippen LogP contribution is -2.45. The zero-order chi connectivity index (χ0) is 61.9. The van der Waals surface area contributed by atoms with E-state index in [0.29, 0.717) is 63.7 Å². The van der Waals surface area contributed by atoms with Gasteiger partial charge in [-0.2, -0.15) is 9.97 Å². The van der Waals surface area contributed by atoms with E-state index in [0.717, 1.165) is 28.8 Å². The van der Waals surface area contributed by atoms with Gasteiger partial charge in [-0.15, -0.1) is 6.42 Å². The van der Waals surface area contributed by atoms with Crippen molar-refractivity contribution < 1.29 is 46.6 Å². The summed E-state index contributed by atoms with van der Waals surface area (Å²) in [5.41, 5.74) is 2.93. The molecule has 0 saturated carbocycles. The minimum absolute atomic E-state index is 0. The normalized spacial score (nSPS) is 10.9. The molecule has 6 rings (SSSR count). The molecule has 458 valence electrons. The highest BCUT2D eigenvalue weighted by atomic mass is 127. The van der Waals surface area contributed by atoms with Gasteiger partial charge >= 0.3 is 12.2 Å². The van der Waals surface area contributed by atoms with Crippen LogP contribution >= 0.6 is 22.6 Å². The number of aromatic nitrogens is 4. The fourth-order valence-electron chi connectivity index (χ4n) is 6.43. The van der Waals surface area contributed by atoms with Gasteiger partial charge in [-0.25, -0.2) is 28.3 Å². The summed E-state index contributed by atoms with van der Waals surface area (Å²) in [6.45, 7) is 19.5. The lowest BCUT2D eigenvalue weighted by molar-refractivity contribution is -0.120. The fourth-order valence-corrected chi connectivity index (χ4v) is 6.88. The van der Waals surface area contributed by atoms with Crippen molar-refractivity contribution in [3.05, 3.63) is 141 Å². The number of anilines is 8. The van der Waals surface area contributed by atoms with E-state index in [9.17, 15) is 28.0 Å². The maximum atomic E-state index is 13.5. The van der Waals surface area contributed by atoms with Crippen LogP contribution in [0.1, 0.15) is 114 Å². The summed E-state index contributed by atoms with van der Waals surface area (Å²) >= 11 is 2.18. The molecule has 0 aliphatic heterocycles. The zero-order valence-electron chi connectivity index (χ0n) is 48.5. The van der Waals surface area contributed by atoms with Crippen molar-refractivity contribution in [1.29, 1.82) is 0 Å². The third kappa shape index (κ3) is 27.0. The quantitative estimate of drug-likeness (QED) is 0.0302. The molecule has 2 heterocycles. The van der Waals surface area contributed by atoms with Crippen molar-refractivity contribution in [3.63, 3.8) is 0 Å². The van der Waals surface area contributed by atoms with Crippen LogP contribution in [0.2, 0.25) is 0 Å². The van der Waals surface area contributed by atoms with Gasteiger partial charge in [-0.3, -0.25) is 19.4 Å². The Morgan fingerprint density at radius 3 is 1.45 bits per heavy atom. The van der Waals surface area contributed by atoms with Gasteiger partial charge in [0, 0.05) is 76.4 Å². The minimum atomic E-state index is -0.756. The summed E-state index contributed by atoms with van der Waals surface area (Å²) in [6.07, 6.45) is 9.42. The molecule has 0 aliphatic rings. The molecule has 18 nitrogen and oxygen atoms in total. The molecular formula is C62H79F4IN12O6. The lowest BCUT2D eigenvalue weighted by atomic mass is 10.1. The van der Waals surface area contributed by atoms with Crippen LogP contribution in [0.15, 0.2) is 109 Å². The Labute approximate surface area is 511 Å². The van der Waals surface area contributed by atoms with Crippen molar-refractivity contribution in [1.82, 2.24) is 29.7 Å². The van der Waals surface area contributed by atoms with Crippen molar-refractivity contribution >= 4 is 92.9 Å². The Balaban J connectivity index is 0.000000679. The van der Waals surface area contributed by atoms with Crippen LogP contribution < -0.4 is 31.9 Å². The van der Waals surface area contributed by atoms with Gasteiger partial charge in [-0.05, 0) is 164 Å². The summed E-state index contributed by atoms with van der Waals surface area (Å²) in [5.74, 6) is 9.44. The van der Waals surface area contributed by atoms with Crippen LogP contribution in [0, 0.1) is 39.4 Å². The molecule has 0 spiro atoms. The topological polar surface area (TPSA) is 217 Å². The molecule has 4 amide bonds. The largest absolute Gasteiger partial charge is 0.444 e. The van der Waals surface area contributed by atoms with Crippen molar-refractivity contribution in [3.8, 4) is 24.2 Å². The van der Waals surface area contributed by atoms with Gasteiger partial charge in [0.15, 0.2) is 0 Å². The Hall–Kier alpha value is -8.71. The summed E-state index contributed by atoms with van der Waals surface area (Å²) < 4.78 is 54.2. The summed E-state index contributed by atoms with van der Waals surface area (Å²) in [5, 5.41) is 18.0. The van der Waals surface area contributed by atoms with Crippen LogP contribution in [0.4, 0.5) is 73.8 Å². The van der Waals surface area contributed by atoms with E-state index in [2.05, 4.69) is 99.1 Å². The van der Waals surface area contributed by atoms with E-state index < -0.39 is 35.5 Å². The predicted octanol–water partition coefficient (Wildman–Crippen LogP) is 14.5. The molecular weight excluding hydrogens is 1210 g/mol. The Bertz CT molecular complexity index is 3220. The SMILES string of the molecule is C.C.C#Cc1cccc(NC(=O)[C@H](C)N(C)C(=O)OC(C)(C)C)c1.CCCNc1nc(Nc2cccc(F)c2)ncc1C#Cc1cccc(NC(=O)[C@H](C)N(C)C(=O)OC(C)(C)C)c1.CCCNc1nc(Nc2cccc(F)c2)ncc1I.FF. The third-order valence-electron chi connectivity index (χ3n) is 10.8. The molecule has 2 aromatic heterocycles.